The Morgan fingerprint density at radius 1 is 1.67 bits per heavy atom. The number of halogens is 2. The SMILES string of the molecule is CCC(F)(CN)c1c(Cl)cnn1C(C)C. The Labute approximate surface area is 94.4 Å². The van der Waals surface area contributed by atoms with Crippen molar-refractivity contribution >= 4 is 11.6 Å². The highest BCUT2D eigenvalue weighted by atomic mass is 35.5. The van der Waals surface area contributed by atoms with Crippen molar-refractivity contribution in [2.75, 3.05) is 6.54 Å². The molecule has 0 aromatic carbocycles. The molecule has 15 heavy (non-hydrogen) atoms. The van der Waals surface area contributed by atoms with E-state index < -0.39 is 5.67 Å². The summed E-state index contributed by atoms with van der Waals surface area (Å²) >= 11 is 5.95. The van der Waals surface area contributed by atoms with E-state index in [1.807, 2.05) is 13.8 Å². The van der Waals surface area contributed by atoms with Gasteiger partial charge < -0.3 is 5.73 Å². The Hall–Kier alpha value is -0.610. The number of nitrogens with zero attached hydrogens (tertiary/aromatic N) is 2. The van der Waals surface area contributed by atoms with Gasteiger partial charge in [0.15, 0.2) is 5.67 Å². The van der Waals surface area contributed by atoms with E-state index in [-0.39, 0.29) is 12.6 Å². The van der Waals surface area contributed by atoms with Gasteiger partial charge in [-0.3, -0.25) is 4.68 Å². The minimum Gasteiger partial charge on any atom is -0.327 e. The third-order valence-electron chi connectivity index (χ3n) is 2.55. The second kappa shape index (κ2) is 4.49. The Bertz CT molecular complexity index is 331. The normalized spacial score (nSPS) is 15.7. The molecule has 2 N–H and O–H groups in total. The lowest BCUT2D eigenvalue weighted by Crippen LogP contribution is -2.33. The number of hydrogen-bond acceptors (Lipinski definition) is 2. The van der Waals surface area contributed by atoms with Crippen LogP contribution in [0, 0.1) is 0 Å². The maximum atomic E-state index is 14.4. The quantitative estimate of drug-likeness (QED) is 0.869. The van der Waals surface area contributed by atoms with Crippen LogP contribution in [0.25, 0.3) is 0 Å². The van der Waals surface area contributed by atoms with Gasteiger partial charge in [-0.1, -0.05) is 18.5 Å². The van der Waals surface area contributed by atoms with E-state index in [2.05, 4.69) is 5.10 Å². The monoisotopic (exact) mass is 233 g/mol. The fourth-order valence-electron chi connectivity index (χ4n) is 1.56. The molecule has 1 unspecified atom stereocenters. The van der Waals surface area contributed by atoms with E-state index in [9.17, 15) is 4.39 Å². The van der Waals surface area contributed by atoms with Gasteiger partial charge in [0, 0.05) is 12.6 Å². The van der Waals surface area contributed by atoms with Gasteiger partial charge in [0.2, 0.25) is 0 Å². The first kappa shape index (κ1) is 12.5. The molecular formula is C10H17ClFN3. The molecular weight excluding hydrogens is 217 g/mol. The predicted octanol–water partition coefficient (Wildman–Crippen LogP) is 2.65. The summed E-state index contributed by atoms with van der Waals surface area (Å²) in [5.74, 6) is 0. The van der Waals surface area contributed by atoms with E-state index in [0.29, 0.717) is 17.1 Å². The average Bonchev–Trinajstić information content (AvgIpc) is 2.60. The van der Waals surface area contributed by atoms with Gasteiger partial charge in [-0.15, -0.1) is 0 Å². The van der Waals surface area contributed by atoms with Crippen LogP contribution in [0.4, 0.5) is 4.39 Å². The maximum absolute atomic E-state index is 14.4. The van der Waals surface area contributed by atoms with Crippen molar-refractivity contribution in [3.8, 4) is 0 Å². The molecule has 0 amide bonds. The van der Waals surface area contributed by atoms with Crippen molar-refractivity contribution in [1.82, 2.24) is 9.78 Å². The van der Waals surface area contributed by atoms with Crippen LogP contribution in [-0.4, -0.2) is 16.3 Å². The molecule has 86 valence electrons. The molecule has 0 aliphatic carbocycles. The van der Waals surface area contributed by atoms with Crippen LogP contribution in [0.1, 0.15) is 38.9 Å². The molecule has 3 nitrogen and oxygen atoms in total. The lowest BCUT2D eigenvalue weighted by Gasteiger charge is -2.25. The maximum Gasteiger partial charge on any atom is 0.165 e. The summed E-state index contributed by atoms with van der Waals surface area (Å²) < 4.78 is 16.0. The molecule has 0 aliphatic heterocycles. The minimum absolute atomic E-state index is 0.0701. The molecule has 5 heteroatoms. The third kappa shape index (κ3) is 2.16. The molecule has 1 aromatic rings. The standard InChI is InChI=1S/C10H17ClFN3/c1-4-10(12,6-13)9-8(11)5-14-15(9)7(2)3/h5,7H,4,6,13H2,1-3H3. The molecule has 1 atom stereocenters. The zero-order valence-electron chi connectivity index (χ0n) is 9.30. The summed E-state index contributed by atoms with van der Waals surface area (Å²) in [7, 11) is 0. The van der Waals surface area contributed by atoms with Gasteiger partial charge in [-0.2, -0.15) is 5.10 Å². The molecule has 0 spiro atoms. The van der Waals surface area contributed by atoms with Gasteiger partial charge in [-0.25, -0.2) is 4.39 Å². The van der Waals surface area contributed by atoms with Gasteiger partial charge in [0.05, 0.1) is 16.9 Å². The van der Waals surface area contributed by atoms with Crippen LogP contribution in [0.15, 0.2) is 6.20 Å². The Morgan fingerprint density at radius 2 is 2.27 bits per heavy atom. The Morgan fingerprint density at radius 3 is 2.67 bits per heavy atom. The van der Waals surface area contributed by atoms with E-state index in [4.69, 9.17) is 17.3 Å². The fraction of sp³-hybridized carbons (Fsp3) is 0.700. The second-order valence-corrected chi connectivity index (χ2v) is 4.31. The van der Waals surface area contributed by atoms with Crippen molar-refractivity contribution in [1.29, 1.82) is 0 Å². The van der Waals surface area contributed by atoms with Crippen LogP contribution in [0.3, 0.4) is 0 Å². The number of hydrogen-bond donors (Lipinski definition) is 1. The summed E-state index contributed by atoms with van der Waals surface area (Å²) in [5.41, 5.74) is 4.28. The van der Waals surface area contributed by atoms with Crippen LogP contribution in [-0.2, 0) is 5.67 Å². The topological polar surface area (TPSA) is 43.8 Å². The van der Waals surface area contributed by atoms with Gasteiger partial charge in [0.25, 0.3) is 0 Å². The average molecular weight is 234 g/mol. The molecule has 0 saturated carbocycles. The highest BCUT2D eigenvalue weighted by Crippen LogP contribution is 2.35. The van der Waals surface area contributed by atoms with Crippen molar-refractivity contribution < 1.29 is 4.39 Å². The van der Waals surface area contributed by atoms with Crippen molar-refractivity contribution in [3.63, 3.8) is 0 Å². The molecule has 0 fully saturated rings. The zero-order valence-corrected chi connectivity index (χ0v) is 10.1. The van der Waals surface area contributed by atoms with Crippen LogP contribution >= 0.6 is 11.6 Å². The van der Waals surface area contributed by atoms with Gasteiger partial charge >= 0.3 is 0 Å². The highest BCUT2D eigenvalue weighted by Gasteiger charge is 2.35. The summed E-state index contributed by atoms with van der Waals surface area (Å²) in [6.45, 7) is 5.53. The van der Waals surface area contributed by atoms with Crippen LogP contribution in [0.5, 0.6) is 0 Å². The first-order valence-electron chi connectivity index (χ1n) is 5.08. The Kier molecular flexibility index (Phi) is 3.73. The van der Waals surface area contributed by atoms with E-state index in [0.717, 1.165) is 0 Å². The van der Waals surface area contributed by atoms with E-state index in [1.54, 1.807) is 11.6 Å². The number of alkyl halides is 1. The lowest BCUT2D eigenvalue weighted by molar-refractivity contribution is 0.151. The molecule has 1 aromatic heterocycles. The van der Waals surface area contributed by atoms with E-state index in [1.165, 1.54) is 6.20 Å². The highest BCUT2D eigenvalue weighted by molar-refractivity contribution is 6.31. The molecule has 0 saturated heterocycles. The fourth-order valence-corrected chi connectivity index (χ4v) is 1.86. The zero-order chi connectivity index (χ0) is 11.6. The largest absolute Gasteiger partial charge is 0.327 e. The lowest BCUT2D eigenvalue weighted by atomic mass is 9.98. The van der Waals surface area contributed by atoms with E-state index >= 15 is 0 Å². The number of nitrogens with two attached hydrogens (primary N) is 1. The molecule has 0 bridgehead atoms. The first-order chi connectivity index (χ1) is 6.96. The molecule has 1 heterocycles. The van der Waals surface area contributed by atoms with Crippen molar-refractivity contribution in [2.45, 2.75) is 38.9 Å². The predicted molar refractivity (Wildman–Crippen MR) is 59.8 cm³/mol. The smallest absolute Gasteiger partial charge is 0.165 e. The Balaban J connectivity index is 3.27. The second-order valence-electron chi connectivity index (χ2n) is 3.90. The van der Waals surface area contributed by atoms with Crippen LogP contribution < -0.4 is 5.73 Å². The molecule has 0 aliphatic rings. The van der Waals surface area contributed by atoms with Gasteiger partial charge in [0.1, 0.15) is 0 Å². The minimum atomic E-state index is -1.59. The first-order valence-corrected chi connectivity index (χ1v) is 5.46. The summed E-state index contributed by atoms with van der Waals surface area (Å²) in [5, 5.41) is 4.41. The van der Waals surface area contributed by atoms with Gasteiger partial charge in [-0.05, 0) is 20.3 Å². The summed E-state index contributed by atoms with van der Waals surface area (Å²) in [4.78, 5) is 0. The third-order valence-corrected chi connectivity index (χ3v) is 2.82. The summed E-state index contributed by atoms with van der Waals surface area (Å²) in [6.07, 6.45) is 1.76. The summed E-state index contributed by atoms with van der Waals surface area (Å²) in [6, 6.07) is 0.0701. The molecule has 1 rings (SSSR count). The molecule has 0 radical (unpaired) electrons. The van der Waals surface area contributed by atoms with Crippen molar-refractivity contribution in [2.24, 2.45) is 5.73 Å². The number of aromatic nitrogens is 2. The van der Waals surface area contributed by atoms with Crippen molar-refractivity contribution in [3.05, 3.63) is 16.9 Å². The number of rotatable bonds is 4. The van der Waals surface area contributed by atoms with Crippen LogP contribution in [0.2, 0.25) is 5.02 Å².